The molecule has 18 heavy (non-hydrogen) atoms. The number of hydrogen-bond acceptors (Lipinski definition) is 2. The van der Waals surface area contributed by atoms with Gasteiger partial charge < -0.3 is 10.4 Å². The van der Waals surface area contributed by atoms with Crippen molar-refractivity contribution >= 4 is 5.91 Å². The number of benzene rings is 2. The lowest BCUT2D eigenvalue weighted by Gasteiger charge is -2.10. The summed E-state index contributed by atoms with van der Waals surface area (Å²) in [6, 6.07) is 14.7. The van der Waals surface area contributed by atoms with Gasteiger partial charge in [0.1, 0.15) is 5.75 Å². The van der Waals surface area contributed by atoms with Crippen molar-refractivity contribution < 1.29 is 9.90 Å². The minimum Gasteiger partial charge on any atom is -0.507 e. The molecule has 0 aliphatic carbocycles. The molecule has 0 heterocycles. The number of aromatic hydroxyl groups is 1. The molecule has 3 heteroatoms. The Kier molecular flexibility index (Phi) is 3.63. The topological polar surface area (TPSA) is 49.3 Å². The molecule has 0 bridgehead atoms. The van der Waals surface area contributed by atoms with Gasteiger partial charge in [0, 0.05) is 12.6 Å². The summed E-state index contributed by atoms with van der Waals surface area (Å²) in [6.07, 6.45) is 0.307. The molecule has 0 radical (unpaired) electrons. The number of para-hydroxylation sites is 1. The summed E-state index contributed by atoms with van der Waals surface area (Å²) in [5, 5.41) is 12.5. The summed E-state index contributed by atoms with van der Waals surface area (Å²) >= 11 is 0. The minimum atomic E-state index is -0.0436. The van der Waals surface area contributed by atoms with Gasteiger partial charge in [0.05, 0.1) is 6.42 Å². The van der Waals surface area contributed by atoms with Crippen molar-refractivity contribution in [2.75, 3.05) is 7.05 Å². The lowest BCUT2D eigenvalue weighted by molar-refractivity contribution is -0.119. The molecule has 2 aromatic rings. The first-order chi connectivity index (χ1) is 8.72. The predicted molar refractivity (Wildman–Crippen MR) is 71.3 cm³/mol. The first kappa shape index (κ1) is 12.2. The van der Waals surface area contributed by atoms with E-state index in [1.807, 2.05) is 36.4 Å². The number of carbonyl (C=O) groups excluding carboxylic acids is 1. The van der Waals surface area contributed by atoms with Crippen LogP contribution in [0.15, 0.2) is 48.5 Å². The van der Waals surface area contributed by atoms with Crippen LogP contribution < -0.4 is 5.32 Å². The molecule has 0 spiro atoms. The van der Waals surface area contributed by atoms with Gasteiger partial charge in [-0.25, -0.2) is 0 Å². The van der Waals surface area contributed by atoms with E-state index in [-0.39, 0.29) is 11.7 Å². The van der Waals surface area contributed by atoms with Gasteiger partial charge in [-0.2, -0.15) is 0 Å². The third-order valence-electron chi connectivity index (χ3n) is 2.84. The Balaban J connectivity index is 2.45. The average Bonchev–Trinajstić information content (AvgIpc) is 2.40. The monoisotopic (exact) mass is 241 g/mol. The lowest BCUT2D eigenvalue weighted by atomic mass is 9.97. The Morgan fingerprint density at radius 1 is 1.06 bits per heavy atom. The summed E-state index contributed by atoms with van der Waals surface area (Å²) in [4.78, 5) is 11.5. The third-order valence-corrected chi connectivity index (χ3v) is 2.84. The van der Waals surface area contributed by atoms with E-state index >= 15 is 0 Å². The van der Waals surface area contributed by atoms with Crippen LogP contribution in [-0.2, 0) is 11.2 Å². The third kappa shape index (κ3) is 2.51. The Bertz CT molecular complexity index is 564. The standard InChI is InChI=1S/C15H15NO2/c1-16-15(18)10-11-6-2-3-7-12(11)13-8-4-5-9-14(13)17/h2-9,17H,10H2,1H3,(H,16,18). The second-order valence-corrected chi connectivity index (χ2v) is 4.02. The molecule has 0 saturated heterocycles. The van der Waals surface area contributed by atoms with Crippen molar-refractivity contribution in [3.05, 3.63) is 54.1 Å². The van der Waals surface area contributed by atoms with E-state index in [1.165, 1.54) is 0 Å². The highest BCUT2D eigenvalue weighted by atomic mass is 16.3. The van der Waals surface area contributed by atoms with Crippen molar-refractivity contribution in [3.63, 3.8) is 0 Å². The highest BCUT2D eigenvalue weighted by molar-refractivity contribution is 5.82. The number of amides is 1. The maximum absolute atomic E-state index is 11.5. The fourth-order valence-electron chi connectivity index (χ4n) is 1.90. The van der Waals surface area contributed by atoms with E-state index in [0.29, 0.717) is 6.42 Å². The van der Waals surface area contributed by atoms with Gasteiger partial charge in [0.2, 0.25) is 5.91 Å². The maximum Gasteiger partial charge on any atom is 0.224 e. The fourth-order valence-corrected chi connectivity index (χ4v) is 1.90. The SMILES string of the molecule is CNC(=O)Cc1ccccc1-c1ccccc1O. The molecule has 0 aliphatic heterocycles. The quantitative estimate of drug-likeness (QED) is 0.866. The first-order valence-corrected chi connectivity index (χ1v) is 5.79. The molecule has 2 aromatic carbocycles. The average molecular weight is 241 g/mol. The number of hydrogen-bond donors (Lipinski definition) is 2. The van der Waals surface area contributed by atoms with Crippen LogP contribution in [0.1, 0.15) is 5.56 Å². The smallest absolute Gasteiger partial charge is 0.224 e. The summed E-state index contributed by atoms with van der Waals surface area (Å²) < 4.78 is 0. The molecule has 1 amide bonds. The van der Waals surface area contributed by atoms with Gasteiger partial charge >= 0.3 is 0 Å². The molecule has 0 fully saturated rings. The Morgan fingerprint density at radius 2 is 1.67 bits per heavy atom. The van der Waals surface area contributed by atoms with Gasteiger partial charge in [0.15, 0.2) is 0 Å². The van der Waals surface area contributed by atoms with Crippen LogP contribution in [0.5, 0.6) is 5.75 Å². The van der Waals surface area contributed by atoms with Crippen LogP contribution >= 0.6 is 0 Å². The summed E-state index contributed by atoms with van der Waals surface area (Å²) in [5.74, 6) is 0.180. The summed E-state index contributed by atoms with van der Waals surface area (Å²) in [7, 11) is 1.62. The van der Waals surface area contributed by atoms with Crippen molar-refractivity contribution in [2.45, 2.75) is 6.42 Å². The van der Waals surface area contributed by atoms with Crippen molar-refractivity contribution in [3.8, 4) is 16.9 Å². The van der Waals surface area contributed by atoms with Crippen LogP contribution in [0, 0.1) is 0 Å². The summed E-state index contributed by atoms with van der Waals surface area (Å²) in [6.45, 7) is 0. The maximum atomic E-state index is 11.5. The van der Waals surface area contributed by atoms with E-state index in [9.17, 15) is 9.90 Å². The molecule has 2 N–H and O–H groups in total. The van der Waals surface area contributed by atoms with E-state index in [0.717, 1.165) is 16.7 Å². The zero-order valence-corrected chi connectivity index (χ0v) is 10.2. The van der Waals surface area contributed by atoms with E-state index in [1.54, 1.807) is 19.2 Å². The lowest BCUT2D eigenvalue weighted by Crippen LogP contribution is -2.20. The number of carbonyl (C=O) groups is 1. The number of phenols is 1. The van der Waals surface area contributed by atoms with Gasteiger partial charge in [0.25, 0.3) is 0 Å². The fraction of sp³-hybridized carbons (Fsp3) is 0.133. The van der Waals surface area contributed by atoms with Crippen molar-refractivity contribution in [2.24, 2.45) is 0 Å². The number of nitrogens with one attached hydrogen (secondary N) is 1. The van der Waals surface area contributed by atoms with E-state index in [2.05, 4.69) is 5.32 Å². The van der Waals surface area contributed by atoms with Crippen LogP contribution in [-0.4, -0.2) is 18.1 Å². The largest absolute Gasteiger partial charge is 0.507 e. The molecular formula is C15H15NO2. The second kappa shape index (κ2) is 5.36. The van der Waals surface area contributed by atoms with Crippen LogP contribution in [0.2, 0.25) is 0 Å². The normalized spacial score (nSPS) is 10.1. The van der Waals surface area contributed by atoms with Gasteiger partial charge in [-0.1, -0.05) is 42.5 Å². The van der Waals surface area contributed by atoms with Gasteiger partial charge in [-0.05, 0) is 17.2 Å². The minimum absolute atomic E-state index is 0.0436. The van der Waals surface area contributed by atoms with Crippen molar-refractivity contribution in [1.82, 2.24) is 5.32 Å². The molecule has 0 unspecified atom stereocenters. The van der Waals surface area contributed by atoms with E-state index in [4.69, 9.17) is 0 Å². The van der Waals surface area contributed by atoms with Gasteiger partial charge in [-0.3, -0.25) is 4.79 Å². The molecule has 92 valence electrons. The Labute approximate surface area is 106 Å². The molecular weight excluding hydrogens is 226 g/mol. The van der Waals surface area contributed by atoms with Crippen molar-refractivity contribution in [1.29, 1.82) is 0 Å². The summed E-state index contributed by atoms with van der Waals surface area (Å²) in [5.41, 5.74) is 2.54. The number of rotatable bonds is 3. The molecule has 0 aliphatic rings. The zero-order chi connectivity index (χ0) is 13.0. The highest BCUT2D eigenvalue weighted by Gasteiger charge is 2.10. The first-order valence-electron chi connectivity index (χ1n) is 5.79. The van der Waals surface area contributed by atoms with Crippen LogP contribution in [0.25, 0.3) is 11.1 Å². The molecule has 2 rings (SSSR count). The molecule has 0 atom stereocenters. The second-order valence-electron chi connectivity index (χ2n) is 4.02. The Morgan fingerprint density at radius 3 is 2.33 bits per heavy atom. The Hall–Kier alpha value is -2.29. The molecule has 3 nitrogen and oxygen atoms in total. The van der Waals surface area contributed by atoms with Crippen LogP contribution in [0.4, 0.5) is 0 Å². The number of phenolic OH excluding ortho intramolecular Hbond substituents is 1. The molecule has 0 saturated carbocycles. The highest BCUT2D eigenvalue weighted by Crippen LogP contribution is 2.31. The molecule has 0 aromatic heterocycles. The van der Waals surface area contributed by atoms with Crippen LogP contribution in [0.3, 0.4) is 0 Å². The predicted octanol–water partition coefficient (Wildman–Crippen LogP) is 2.35. The number of likely N-dealkylation sites (N-methyl/N-ethyl adjacent to an activating group) is 1. The van der Waals surface area contributed by atoms with Gasteiger partial charge in [-0.15, -0.1) is 0 Å². The zero-order valence-electron chi connectivity index (χ0n) is 10.2. The van der Waals surface area contributed by atoms with E-state index < -0.39 is 0 Å².